The van der Waals surface area contributed by atoms with Gasteiger partial charge in [-0.15, -0.1) is 23.5 Å². The molecule has 1 aliphatic rings. The fourth-order valence-electron chi connectivity index (χ4n) is 0.328. The van der Waals surface area contributed by atoms with Crippen LogP contribution in [-0.2, 0) is 0 Å². The Hall–Kier alpha value is 0.660. The molecule has 1 heterocycles. The lowest BCUT2D eigenvalue weighted by atomic mass is 11.2. The van der Waals surface area contributed by atoms with Crippen LogP contribution in [0.4, 0.5) is 0 Å². The summed E-state index contributed by atoms with van der Waals surface area (Å²) in [4.78, 5) is 0. The first-order valence-corrected chi connectivity index (χ1v) is 4.17. The second-order valence-electron chi connectivity index (χ2n) is 1.06. The van der Waals surface area contributed by atoms with Crippen molar-refractivity contribution in [2.45, 2.75) is 0 Å². The first kappa shape index (κ1) is 4.81. The van der Waals surface area contributed by atoms with Gasteiger partial charge in [-0.1, -0.05) is 0 Å². The largest absolute Gasteiger partial charge is 0.299 e. The minimum atomic E-state index is 1.15. The van der Waals surface area contributed by atoms with Crippen LogP contribution < -0.4 is 5.32 Å². The molecule has 0 saturated carbocycles. The zero-order valence-electron chi connectivity index (χ0n) is 3.44. The fraction of sp³-hybridized carbons (Fsp3) is 1.00. The number of hydrogen-bond acceptors (Lipinski definition) is 3. The van der Waals surface area contributed by atoms with E-state index in [-0.39, 0.29) is 0 Å². The van der Waals surface area contributed by atoms with Crippen LogP contribution in [0.3, 0.4) is 0 Å². The van der Waals surface area contributed by atoms with E-state index in [9.17, 15) is 0 Å². The third-order valence-electron chi connectivity index (χ3n) is 0.575. The maximum absolute atomic E-state index is 3.21. The number of thioether (sulfide) groups is 2. The molecular weight excluding hydrogens is 114 g/mol. The Morgan fingerprint density at radius 2 is 1.83 bits per heavy atom. The zero-order chi connectivity index (χ0) is 4.24. The molecule has 0 atom stereocenters. The van der Waals surface area contributed by atoms with Crippen LogP contribution in [0.2, 0.25) is 0 Å². The van der Waals surface area contributed by atoms with Gasteiger partial charge in [0.15, 0.2) is 0 Å². The van der Waals surface area contributed by atoms with E-state index in [1.165, 1.54) is 5.08 Å². The van der Waals surface area contributed by atoms with Gasteiger partial charge in [0.25, 0.3) is 0 Å². The molecule has 0 aromatic rings. The van der Waals surface area contributed by atoms with Crippen LogP contribution in [0.5, 0.6) is 0 Å². The van der Waals surface area contributed by atoms with E-state index >= 15 is 0 Å². The van der Waals surface area contributed by atoms with E-state index in [2.05, 4.69) is 5.32 Å². The van der Waals surface area contributed by atoms with E-state index in [1.54, 1.807) is 0 Å². The highest BCUT2D eigenvalue weighted by Gasteiger charge is 1.93. The van der Waals surface area contributed by atoms with Gasteiger partial charge >= 0.3 is 0 Å². The number of rotatable bonds is 0. The Balaban J connectivity index is 2.00. The van der Waals surface area contributed by atoms with Crippen LogP contribution in [0.25, 0.3) is 0 Å². The Labute approximate surface area is 46.3 Å². The molecule has 1 rings (SSSR count). The van der Waals surface area contributed by atoms with Crippen molar-refractivity contribution in [3.05, 3.63) is 0 Å². The van der Waals surface area contributed by atoms with Crippen LogP contribution in [-0.4, -0.2) is 16.8 Å². The summed E-state index contributed by atoms with van der Waals surface area (Å²) < 4.78 is 0. The molecule has 1 nitrogen and oxygen atoms in total. The summed E-state index contributed by atoms with van der Waals surface area (Å²) in [6.07, 6.45) is 0. The van der Waals surface area contributed by atoms with Gasteiger partial charge in [-0.25, -0.2) is 0 Å². The third-order valence-corrected chi connectivity index (χ3v) is 2.72. The molecule has 1 N–H and O–H groups in total. The highest BCUT2D eigenvalue weighted by atomic mass is 32.2. The second kappa shape index (κ2) is 2.77. The number of hydrogen-bond donors (Lipinski definition) is 1. The van der Waals surface area contributed by atoms with Crippen molar-refractivity contribution in [2.24, 2.45) is 0 Å². The molecule has 0 aromatic heterocycles. The summed E-state index contributed by atoms with van der Waals surface area (Å²) in [5.41, 5.74) is 0. The predicted octanol–water partition coefficient (Wildman–Crippen LogP) is 0.928. The quantitative estimate of drug-likeness (QED) is 0.512. The smallest absolute Gasteiger partial charge is 0.0432 e. The minimum absolute atomic E-state index is 1.15. The fourth-order valence-corrected chi connectivity index (χ4v) is 2.09. The van der Waals surface area contributed by atoms with Crippen LogP contribution in [0, 0.1) is 0 Å². The Morgan fingerprint density at radius 1 is 1.17 bits per heavy atom. The summed E-state index contributed by atoms with van der Waals surface area (Å²) in [6.45, 7) is 0. The Morgan fingerprint density at radius 3 is 2.00 bits per heavy atom. The topological polar surface area (TPSA) is 12.0 Å². The summed E-state index contributed by atoms with van der Waals surface area (Å²) in [5.74, 6) is 2.29. The van der Waals surface area contributed by atoms with Crippen molar-refractivity contribution in [3.63, 3.8) is 0 Å². The van der Waals surface area contributed by atoms with Gasteiger partial charge in [0.05, 0.1) is 0 Å². The third kappa shape index (κ3) is 1.41. The van der Waals surface area contributed by atoms with Crippen molar-refractivity contribution < 1.29 is 0 Å². The van der Waals surface area contributed by atoms with Crippen molar-refractivity contribution in [2.75, 3.05) is 16.8 Å². The summed E-state index contributed by atoms with van der Waals surface area (Å²) >= 11 is 3.89. The van der Waals surface area contributed by atoms with Crippen molar-refractivity contribution in [1.82, 2.24) is 5.32 Å². The maximum Gasteiger partial charge on any atom is 0.0432 e. The SMILES string of the molecule is C1NCSCS1. The zero-order valence-corrected chi connectivity index (χ0v) is 5.07. The molecule has 6 heavy (non-hydrogen) atoms. The van der Waals surface area contributed by atoms with Crippen LogP contribution >= 0.6 is 23.5 Å². The van der Waals surface area contributed by atoms with E-state index in [0.29, 0.717) is 0 Å². The van der Waals surface area contributed by atoms with Gasteiger partial charge in [0, 0.05) is 16.8 Å². The maximum atomic E-state index is 3.21. The molecule has 0 spiro atoms. The van der Waals surface area contributed by atoms with Gasteiger partial charge in [0.2, 0.25) is 0 Å². The minimum Gasteiger partial charge on any atom is -0.299 e. The summed E-state index contributed by atoms with van der Waals surface area (Å²) in [6, 6.07) is 0. The summed E-state index contributed by atoms with van der Waals surface area (Å²) in [7, 11) is 0. The second-order valence-corrected chi connectivity index (χ2v) is 3.40. The first-order valence-electron chi connectivity index (χ1n) is 1.86. The van der Waals surface area contributed by atoms with Gasteiger partial charge in [-0.3, -0.25) is 5.32 Å². The molecule has 36 valence electrons. The normalized spacial score (nSPS) is 24.0. The molecule has 0 bridgehead atoms. The van der Waals surface area contributed by atoms with Crippen molar-refractivity contribution in [3.8, 4) is 0 Å². The predicted molar refractivity (Wildman–Crippen MR) is 32.9 cm³/mol. The van der Waals surface area contributed by atoms with Crippen molar-refractivity contribution >= 4 is 23.5 Å². The molecule has 0 unspecified atom stereocenters. The molecular formula is C3H7NS2. The first-order chi connectivity index (χ1) is 3.00. The van der Waals surface area contributed by atoms with Gasteiger partial charge < -0.3 is 0 Å². The molecule has 0 radical (unpaired) electrons. The molecule has 1 fully saturated rings. The summed E-state index contributed by atoms with van der Waals surface area (Å²) in [5, 5.41) is 4.48. The van der Waals surface area contributed by atoms with E-state index in [4.69, 9.17) is 0 Å². The lowest BCUT2D eigenvalue weighted by Crippen LogP contribution is -2.15. The average Bonchev–Trinajstić information content (AvgIpc) is 1.72. The molecule has 3 heteroatoms. The Kier molecular flexibility index (Phi) is 2.22. The molecule has 1 aliphatic heterocycles. The monoisotopic (exact) mass is 121 g/mol. The number of nitrogens with one attached hydrogen (secondary N) is 1. The van der Waals surface area contributed by atoms with Crippen LogP contribution in [0.1, 0.15) is 0 Å². The highest BCUT2D eigenvalue weighted by Crippen LogP contribution is 2.13. The molecule has 0 aliphatic carbocycles. The van der Waals surface area contributed by atoms with E-state index < -0.39 is 0 Å². The molecule has 0 aromatic carbocycles. The lowest BCUT2D eigenvalue weighted by Gasteiger charge is -2.08. The highest BCUT2D eigenvalue weighted by molar-refractivity contribution is 8.16. The molecule has 0 amide bonds. The van der Waals surface area contributed by atoms with Gasteiger partial charge in [-0.05, 0) is 0 Å². The van der Waals surface area contributed by atoms with Crippen molar-refractivity contribution in [1.29, 1.82) is 0 Å². The van der Waals surface area contributed by atoms with Crippen LogP contribution in [0.15, 0.2) is 0 Å². The van der Waals surface area contributed by atoms with Gasteiger partial charge in [0.1, 0.15) is 0 Å². The lowest BCUT2D eigenvalue weighted by molar-refractivity contribution is 0.945. The van der Waals surface area contributed by atoms with Gasteiger partial charge in [-0.2, -0.15) is 0 Å². The average molecular weight is 121 g/mol. The standard InChI is InChI=1S/C3H7NS2/c1-4-2-6-3-5-1/h4H,1-3H2. The van der Waals surface area contributed by atoms with E-state index in [0.717, 1.165) is 11.8 Å². The Bertz CT molecular complexity index is 24.3. The molecule has 1 saturated heterocycles. The van der Waals surface area contributed by atoms with E-state index in [1.807, 2.05) is 23.5 Å².